The van der Waals surface area contributed by atoms with Crippen LogP contribution in [0.5, 0.6) is 0 Å². The van der Waals surface area contributed by atoms with Crippen molar-refractivity contribution in [2.45, 2.75) is 44.2 Å². The summed E-state index contributed by atoms with van der Waals surface area (Å²) in [5, 5.41) is 47.7. The fourth-order valence-electron chi connectivity index (χ4n) is 1.72. The van der Waals surface area contributed by atoms with Crippen LogP contribution in [0.25, 0.3) is 0 Å². The quantitative estimate of drug-likeness (QED) is 0.285. The Morgan fingerprint density at radius 1 is 0.905 bits per heavy atom. The second-order valence-electron chi connectivity index (χ2n) is 4.67. The second kappa shape index (κ2) is 6.50. The standard InChI is InChI=1S/C12H18O9/c1-5(14)11(20,6(2)15)10(19)12(21,7(3)16)9(18)8(17)4-13/h8-9,13,17-18,20-21H,4H2,1-3H3/t8-,9-,12+/m1/s1. The zero-order chi connectivity index (χ0) is 17.2. The highest BCUT2D eigenvalue weighted by Gasteiger charge is 2.61. The Kier molecular flexibility index (Phi) is 6.03. The molecule has 0 aliphatic heterocycles. The van der Waals surface area contributed by atoms with E-state index < -0.39 is 53.1 Å². The van der Waals surface area contributed by atoms with Gasteiger partial charge in [-0.2, -0.15) is 0 Å². The van der Waals surface area contributed by atoms with Gasteiger partial charge in [-0.15, -0.1) is 0 Å². The molecule has 21 heavy (non-hydrogen) atoms. The average molecular weight is 306 g/mol. The summed E-state index contributed by atoms with van der Waals surface area (Å²) in [4.78, 5) is 46.4. The van der Waals surface area contributed by atoms with Crippen LogP contribution in [0, 0.1) is 0 Å². The third-order valence-electron chi connectivity index (χ3n) is 3.21. The normalized spacial score (nSPS) is 17.5. The minimum atomic E-state index is -3.44. The molecule has 0 aliphatic carbocycles. The summed E-state index contributed by atoms with van der Waals surface area (Å²) in [6.45, 7) is 0.873. The van der Waals surface area contributed by atoms with Crippen LogP contribution in [0.1, 0.15) is 20.8 Å². The number of carbonyl (C=O) groups is 4. The Hall–Kier alpha value is -1.52. The lowest BCUT2D eigenvalue weighted by molar-refractivity contribution is -0.186. The largest absolute Gasteiger partial charge is 0.394 e. The van der Waals surface area contributed by atoms with Gasteiger partial charge < -0.3 is 25.5 Å². The molecule has 0 rings (SSSR count). The molecule has 0 aromatic rings. The van der Waals surface area contributed by atoms with Crippen LogP contribution in [-0.4, -0.2) is 78.7 Å². The smallest absolute Gasteiger partial charge is 0.243 e. The monoisotopic (exact) mass is 306 g/mol. The van der Waals surface area contributed by atoms with Gasteiger partial charge >= 0.3 is 0 Å². The second-order valence-corrected chi connectivity index (χ2v) is 4.67. The molecule has 0 aromatic carbocycles. The van der Waals surface area contributed by atoms with Gasteiger partial charge in [0.05, 0.1) is 6.61 Å². The minimum absolute atomic E-state index is 0.645. The first-order valence-electron chi connectivity index (χ1n) is 5.88. The van der Waals surface area contributed by atoms with Crippen LogP contribution in [0.2, 0.25) is 0 Å². The highest BCUT2D eigenvalue weighted by atomic mass is 16.4. The third kappa shape index (κ3) is 3.06. The van der Waals surface area contributed by atoms with Gasteiger partial charge in [0.15, 0.2) is 17.3 Å². The molecule has 5 N–H and O–H groups in total. The van der Waals surface area contributed by atoms with Crippen molar-refractivity contribution in [2.75, 3.05) is 6.61 Å². The van der Waals surface area contributed by atoms with E-state index in [2.05, 4.69) is 0 Å². The maximum absolute atomic E-state index is 12.2. The highest BCUT2D eigenvalue weighted by Crippen LogP contribution is 2.25. The molecule has 0 spiro atoms. The maximum atomic E-state index is 12.2. The predicted octanol–water partition coefficient (Wildman–Crippen LogP) is -3.50. The lowest BCUT2D eigenvalue weighted by Crippen LogP contribution is -2.69. The van der Waals surface area contributed by atoms with E-state index in [4.69, 9.17) is 5.11 Å². The summed E-state index contributed by atoms with van der Waals surface area (Å²) in [6.07, 6.45) is -4.66. The Labute approximate surface area is 119 Å². The van der Waals surface area contributed by atoms with E-state index in [0.29, 0.717) is 20.8 Å². The molecule has 0 bridgehead atoms. The molecule has 3 atom stereocenters. The fourth-order valence-corrected chi connectivity index (χ4v) is 1.72. The lowest BCUT2D eigenvalue weighted by atomic mass is 9.74. The van der Waals surface area contributed by atoms with E-state index in [0.717, 1.165) is 0 Å². The summed E-state index contributed by atoms with van der Waals surface area (Å²) in [5.41, 5.74) is -6.79. The Morgan fingerprint density at radius 2 is 1.29 bits per heavy atom. The van der Waals surface area contributed by atoms with E-state index in [1.165, 1.54) is 0 Å². The number of aliphatic hydroxyl groups excluding tert-OH is 3. The van der Waals surface area contributed by atoms with Gasteiger partial charge in [0, 0.05) is 0 Å². The van der Waals surface area contributed by atoms with Gasteiger partial charge in [0.1, 0.15) is 12.2 Å². The Balaban J connectivity index is 6.12. The van der Waals surface area contributed by atoms with Crippen LogP contribution in [0.4, 0.5) is 0 Å². The van der Waals surface area contributed by atoms with E-state index in [9.17, 15) is 39.6 Å². The number of Topliss-reactive ketones (excluding diaryl/α,β-unsaturated/α-hetero) is 4. The van der Waals surface area contributed by atoms with Gasteiger partial charge in [-0.25, -0.2) is 0 Å². The number of hydrogen-bond acceptors (Lipinski definition) is 9. The van der Waals surface area contributed by atoms with Crippen LogP contribution in [0.15, 0.2) is 0 Å². The number of rotatable bonds is 8. The zero-order valence-corrected chi connectivity index (χ0v) is 11.7. The average Bonchev–Trinajstić information content (AvgIpc) is 2.41. The Bertz CT molecular complexity index is 455. The van der Waals surface area contributed by atoms with Gasteiger partial charge in [-0.05, 0) is 20.8 Å². The first-order chi connectivity index (χ1) is 9.38. The van der Waals surface area contributed by atoms with E-state index in [-0.39, 0.29) is 0 Å². The topological polar surface area (TPSA) is 169 Å². The van der Waals surface area contributed by atoms with E-state index in [1.807, 2.05) is 0 Å². The molecule has 120 valence electrons. The number of ketones is 4. The van der Waals surface area contributed by atoms with Crippen LogP contribution in [-0.2, 0) is 19.2 Å². The summed E-state index contributed by atoms with van der Waals surface area (Å²) in [5.74, 6) is -6.15. The molecule has 0 unspecified atom stereocenters. The van der Waals surface area contributed by atoms with Gasteiger partial charge in [-0.1, -0.05) is 0 Å². The van der Waals surface area contributed by atoms with Crippen molar-refractivity contribution in [2.24, 2.45) is 0 Å². The van der Waals surface area contributed by atoms with Crippen molar-refractivity contribution in [1.29, 1.82) is 0 Å². The van der Waals surface area contributed by atoms with Crippen molar-refractivity contribution in [3.8, 4) is 0 Å². The van der Waals surface area contributed by atoms with Crippen molar-refractivity contribution >= 4 is 23.1 Å². The molecule has 0 saturated carbocycles. The molecule has 0 aromatic heterocycles. The van der Waals surface area contributed by atoms with Crippen LogP contribution >= 0.6 is 0 Å². The van der Waals surface area contributed by atoms with Crippen LogP contribution < -0.4 is 0 Å². The Morgan fingerprint density at radius 3 is 1.52 bits per heavy atom. The number of carbonyl (C=O) groups excluding carboxylic acids is 4. The summed E-state index contributed by atoms with van der Waals surface area (Å²) < 4.78 is 0. The molecule has 0 heterocycles. The zero-order valence-electron chi connectivity index (χ0n) is 11.7. The first kappa shape index (κ1) is 19.5. The number of hydrogen-bond donors (Lipinski definition) is 5. The molecule has 0 amide bonds. The van der Waals surface area contributed by atoms with Gasteiger partial charge in [-0.3, -0.25) is 19.2 Å². The molecule has 9 nitrogen and oxygen atoms in total. The minimum Gasteiger partial charge on any atom is -0.394 e. The van der Waals surface area contributed by atoms with Gasteiger partial charge in [0.2, 0.25) is 17.0 Å². The summed E-state index contributed by atoms with van der Waals surface area (Å²) in [6, 6.07) is 0. The van der Waals surface area contributed by atoms with Crippen molar-refractivity contribution in [3.05, 3.63) is 0 Å². The molecule has 9 heteroatoms. The van der Waals surface area contributed by atoms with Gasteiger partial charge in [0.25, 0.3) is 0 Å². The third-order valence-corrected chi connectivity index (χ3v) is 3.21. The molecular formula is C12H18O9. The van der Waals surface area contributed by atoms with Crippen molar-refractivity contribution < 1.29 is 44.7 Å². The molecular weight excluding hydrogens is 288 g/mol. The first-order valence-corrected chi connectivity index (χ1v) is 5.88. The molecule has 0 fully saturated rings. The number of aliphatic hydroxyl groups is 5. The lowest BCUT2D eigenvalue weighted by Gasteiger charge is -2.35. The molecule has 0 saturated heterocycles. The summed E-state index contributed by atoms with van der Waals surface area (Å²) in [7, 11) is 0. The van der Waals surface area contributed by atoms with E-state index in [1.54, 1.807) is 0 Å². The molecule has 0 aliphatic rings. The predicted molar refractivity (Wildman–Crippen MR) is 66.0 cm³/mol. The fraction of sp³-hybridized carbons (Fsp3) is 0.667. The summed E-state index contributed by atoms with van der Waals surface area (Å²) >= 11 is 0. The molecule has 0 radical (unpaired) electrons. The van der Waals surface area contributed by atoms with E-state index >= 15 is 0 Å². The highest BCUT2D eigenvalue weighted by molar-refractivity contribution is 6.32. The maximum Gasteiger partial charge on any atom is 0.243 e. The van der Waals surface area contributed by atoms with Crippen LogP contribution in [0.3, 0.4) is 0 Å². The SMILES string of the molecule is CC(=O)C(O)(C(C)=O)C(=O)[C@](O)(C(C)=O)[C@H](O)[C@H](O)CO. The van der Waals surface area contributed by atoms with Crippen molar-refractivity contribution in [1.82, 2.24) is 0 Å². The van der Waals surface area contributed by atoms with Crippen molar-refractivity contribution in [3.63, 3.8) is 0 Å².